The van der Waals surface area contributed by atoms with Crippen LogP contribution >= 0.6 is 0 Å². The molecule has 0 spiro atoms. The van der Waals surface area contributed by atoms with Crippen molar-refractivity contribution in [1.82, 2.24) is 4.98 Å². The first kappa shape index (κ1) is 16.8. The van der Waals surface area contributed by atoms with E-state index >= 15 is 0 Å². The summed E-state index contributed by atoms with van der Waals surface area (Å²) in [5.41, 5.74) is 1.65. The Bertz CT molecular complexity index is 641. The lowest BCUT2D eigenvalue weighted by Crippen LogP contribution is -2.37. The van der Waals surface area contributed by atoms with Crippen molar-refractivity contribution in [2.24, 2.45) is 5.92 Å². The van der Waals surface area contributed by atoms with E-state index in [2.05, 4.69) is 9.88 Å². The van der Waals surface area contributed by atoms with Crippen LogP contribution in [0.5, 0.6) is 0 Å². The molecule has 1 aliphatic heterocycles. The number of carbonyl (C=O) groups is 1. The van der Waals surface area contributed by atoms with E-state index in [-0.39, 0.29) is 18.0 Å². The number of aromatic nitrogens is 1. The van der Waals surface area contributed by atoms with Gasteiger partial charge in [-0.2, -0.15) is 4.98 Å². The quantitative estimate of drug-likeness (QED) is 0.598. The van der Waals surface area contributed by atoms with E-state index in [0.717, 1.165) is 37.0 Å². The summed E-state index contributed by atoms with van der Waals surface area (Å²) in [6, 6.07) is 8.36. The second-order valence-corrected chi connectivity index (χ2v) is 6.31. The second-order valence-electron chi connectivity index (χ2n) is 6.31. The Labute approximate surface area is 141 Å². The van der Waals surface area contributed by atoms with Crippen molar-refractivity contribution in [1.29, 1.82) is 0 Å². The Morgan fingerprint density at radius 1 is 1.29 bits per heavy atom. The predicted octanol–water partition coefficient (Wildman–Crippen LogP) is 3.01. The van der Waals surface area contributed by atoms with E-state index < -0.39 is 0 Å². The molecule has 6 nitrogen and oxygen atoms in total. The van der Waals surface area contributed by atoms with Crippen LogP contribution < -0.4 is 4.90 Å². The number of rotatable bonds is 6. The van der Waals surface area contributed by atoms with Gasteiger partial charge in [-0.3, -0.25) is 4.79 Å². The highest BCUT2D eigenvalue weighted by Crippen LogP contribution is 2.26. The largest absolute Gasteiger partial charge is 0.463 e. The summed E-state index contributed by atoms with van der Waals surface area (Å²) < 4.78 is 16.5. The molecular weight excluding hydrogens is 308 g/mol. The zero-order valence-electron chi connectivity index (χ0n) is 14.2. The van der Waals surface area contributed by atoms with Gasteiger partial charge in [-0.1, -0.05) is 12.1 Å². The van der Waals surface area contributed by atoms with E-state index in [4.69, 9.17) is 13.9 Å². The zero-order valence-corrected chi connectivity index (χ0v) is 14.2. The monoisotopic (exact) mass is 332 g/mol. The standard InChI is InChI=1S/C18H24N2O4/c1-13(2)22-11-12-23-17(21)14-7-9-20(10-8-14)18-19-15-5-3-4-6-16(15)24-18/h3-6,13-14H,7-12H2,1-2H3. The molecule has 3 rings (SSSR count). The summed E-state index contributed by atoms with van der Waals surface area (Å²) in [4.78, 5) is 18.7. The van der Waals surface area contributed by atoms with Gasteiger partial charge in [-0.15, -0.1) is 0 Å². The van der Waals surface area contributed by atoms with Gasteiger partial charge >= 0.3 is 5.97 Å². The summed E-state index contributed by atoms with van der Waals surface area (Å²) in [5.74, 6) is -0.177. The van der Waals surface area contributed by atoms with E-state index in [1.165, 1.54) is 0 Å². The van der Waals surface area contributed by atoms with Gasteiger partial charge in [0.15, 0.2) is 5.58 Å². The molecule has 130 valence electrons. The smallest absolute Gasteiger partial charge is 0.309 e. The molecule has 0 amide bonds. The second kappa shape index (κ2) is 7.66. The molecule has 2 heterocycles. The summed E-state index contributed by atoms with van der Waals surface area (Å²) >= 11 is 0. The highest BCUT2D eigenvalue weighted by molar-refractivity contribution is 5.75. The average Bonchev–Trinajstić information content (AvgIpc) is 3.02. The van der Waals surface area contributed by atoms with Crippen LogP contribution in [0.1, 0.15) is 26.7 Å². The summed E-state index contributed by atoms with van der Waals surface area (Å²) in [7, 11) is 0. The fourth-order valence-electron chi connectivity index (χ4n) is 2.85. The number of carbonyl (C=O) groups excluding carboxylic acids is 1. The van der Waals surface area contributed by atoms with Crippen LogP contribution in [-0.2, 0) is 14.3 Å². The number of ether oxygens (including phenoxy) is 2. The Hall–Kier alpha value is -2.08. The van der Waals surface area contributed by atoms with Crippen LogP contribution in [0, 0.1) is 5.92 Å². The minimum absolute atomic E-state index is 0.0512. The van der Waals surface area contributed by atoms with Crippen molar-refractivity contribution in [3.63, 3.8) is 0 Å². The number of hydrogen-bond acceptors (Lipinski definition) is 6. The first-order valence-electron chi connectivity index (χ1n) is 8.52. The molecule has 0 N–H and O–H groups in total. The fraction of sp³-hybridized carbons (Fsp3) is 0.556. The van der Waals surface area contributed by atoms with Crippen molar-refractivity contribution in [3.05, 3.63) is 24.3 Å². The number of fused-ring (bicyclic) bond motifs is 1. The van der Waals surface area contributed by atoms with Gasteiger partial charge < -0.3 is 18.8 Å². The molecule has 1 aromatic heterocycles. The number of hydrogen-bond donors (Lipinski definition) is 0. The molecule has 24 heavy (non-hydrogen) atoms. The number of para-hydroxylation sites is 2. The number of piperidine rings is 1. The molecule has 0 aliphatic carbocycles. The van der Waals surface area contributed by atoms with Crippen LogP contribution in [0.4, 0.5) is 6.01 Å². The van der Waals surface area contributed by atoms with Crippen molar-refractivity contribution in [2.45, 2.75) is 32.8 Å². The number of benzene rings is 1. The van der Waals surface area contributed by atoms with Crippen LogP contribution in [0.3, 0.4) is 0 Å². The molecule has 1 saturated heterocycles. The number of anilines is 1. The number of esters is 1. The minimum atomic E-state index is -0.125. The number of nitrogens with zero attached hydrogens (tertiary/aromatic N) is 2. The Kier molecular flexibility index (Phi) is 5.35. The van der Waals surface area contributed by atoms with E-state index in [9.17, 15) is 4.79 Å². The third kappa shape index (κ3) is 4.06. The summed E-state index contributed by atoms with van der Waals surface area (Å²) in [6.45, 7) is 6.19. The highest BCUT2D eigenvalue weighted by atomic mass is 16.6. The highest BCUT2D eigenvalue weighted by Gasteiger charge is 2.28. The molecule has 6 heteroatoms. The predicted molar refractivity (Wildman–Crippen MR) is 91.0 cm³/mol. The van der Waals surface area contributed by atoms with Gasteiger partial charge in [0, 0.05) is 13.1 Å². The number of oxazole rings is 1. The van der Waals surface area contributed by atoms with Crippen LogP contribution in [0.25, 0.3) is 11.1 Å². The van der Waals surface area contributed by atoms with E-state index in [1.54, 1.807) is 0 Å². The van der Waals surface area contributed by atoms with Crippen molar-refractivity contribution < 1.29 is 18.7 Å². The molecule has 1 aromatic carbocycles. The fourth-order valence-corrected chi connectivity index (χ4v) is 2.85. The first-order chi connectivity index (χ1) is 11.6. The molecule has 0 bridgehead atoms. The molecule has 1 fully saturated rings. The maximum absolute atomic E-state index is 12.1. The average molecular weight is 332 g/mol. The van der Waals surface area contributed by atoms with Gasteiger partial charge in [0.25, 0.3) is 6.01 Å². The maximum Gasteiger partial charge on any atom is 0.309 e. The van der Waals surface area contributed by atoms with Gasteiger partial charge in [0.05, 0.1) is 18.6 Å². The summed E-state index contributed by atoms with van der Waals surface area (Å²) in [5, 5.41) is 0. The molecule has 2 aromatic rings. The molecular formula is C18H24N2O4. The van der Waals surface area contributed by atoms with Crippen molar-refractivity contribution in [3.8, 4) is 0 Å². The van der Waals surface area contributed by atoms with Crippen LogP contribution in [0.15, 0.2) is 28.7 Å². The van der Waals surface area contributed by atoms with Gasteiger partial charge in [0.2, 0.25) is 0 Å². The molecule has 1 aliphatic rings. The topological polar surface area (TPSA) is 64.8 Å². The van der Waals surface area contributed by atoms with E-state index in [0.29, 0.717) is 19.2 Å². The lowest BCUT2D eigenvalue weighted by atomic mass is 9.97. The molecule has 0 radical (unpaired) electrons. The third-order valence-electron chi connectivity index (χ3n) is 4.16. The molecule has 0 unspecified atom stereocenters. The van der Waals surface area contributed by atoms with Crippen molar-refractivity contribution in [2.75, 3.05) is 31.2 Å². The van der Waals surface area contributed by atoms with Gasteiger partial charge in [0.1, 0.15) is 12.1 Å². The first-order valence-corrected chi connectivity index (χ1v) is 8.52. The molecule has 0 saturated carbocycles. The maximum atomic E-state index is 12.1. The Morgan fingerprint density at radius 3 is 2.75 bits per heavy atom. The minimum Gasteiger partial charge on any atom is -0.463 e. The third-order valence-corrected chi connectivity index (χ3v) is 4.16. The lowest BCUT2D eigenvalue weighted by Gasteiger charge is -2.29. The SMILES string of the molecule is CC(C)OCCOC(=O)C1CCN(c2nc3ccccc3o2)CC1. The van der Waals surface area contributed by atoms with Gasteiger partial charge in [-0.05, 0) is 38.8 Å². The van der Waals surface area contributed by atoms with Gasteiger partial charge in [-0.25, -0.2) is 0 Å². The molecule has 0 atom stereocenters. The lowest BCUT2D eigenvalue weighted by molar-refractivity contribution is -0.151. The summed E-state index contributed by atoms with van der Waals surface area (Å²) in [6.07, 6.45) is 1.66. The van der Waals surface area contributed by atoms with Crippen LogP contribution in [0.2, 0.25) is 0 Å². The Balaban J connectivity index is 1.47. The van der Waals surface area contributed by atoms with Crippen molar-refractivity contribution >= 4 is 23.1 Å². The normalized spacial score (nSPS) is 16.0. The Morgan fingerprint density at radius 2 is 2.04 bits per heavy atom. The van der Waals surface area contributed by atoms with E-state index in [1.807, 2.05) is 38.1 Å². The van der Waals surface area contributed by atoms with Crippen LogP contribution in [-0.4, -0.2) is 43.4 Å². The zero-order chi connectivity index (χ0) is 16.9.